The number of nitrogens with two attached hydrogens (primary N) is 2. The molecule has 0 heterocycles. The highest BCUT2D eigenvalue weighted by molar-refractivity contribution is 5.91. The van der Waals surface area contributed by atoms with Gasteiger partial charge in [0.05, 0.1) is 0 Å². The highest BCUT2D eigenvalue weighted by Crippen LogP contribution is 1.85. The average molecular weight is 184 g/mol. The molecular weight excluding hydrogens is 168 g/mol. The highest BCUT2D eigenvalue weighted by Gasteiger charge is 1.90. The van der Waals surface area contributed by atoms with E-state index in [9.17, 15) is 9.59 Å². The van der Waals surface area contributed by atoms with E-state index in [2.05, 4.69) is 6.58 Å². The van der Waals surface area contributed by atoms with Crippen LogP contribution in [-0.4, -0.2) is 11.8 Å². The van der Waals surface area contributed by atoms with Gasteiger partial charge in [-0.25, -0.2) is 0 Å². The summed E-state index contributed by atoms with van der Waals surface area (Å²) in [6.07, 6.45) is 1.68. The number of hydrogen-bond acceptors (Lipinski definition) is 2. The topological polar surface area (TPSA) is 86.2 Å². The molecule has 0 radical (unpaired) electrons. The third kappa shape index (κ3) is 10.4. The standard InChI is InChI=1S/C5H9NO.C4H7NO/c1-3-4(2)5(6)7;1-3(2)4(5)6/h3H,1-2H3,(H2,6,7);1H2,2H3,(H2,5,6). The van der Waals surface area contributed by atoms with Crippen molar-refractivity contribution >= 4 is 11.8 Å². The van der Waals surface area contributed by atoms with E-state index in [0.717, 1.165) is 0 Å². The quantitative estimate of drug-likeness (QED) is 0.612. The van der Waals surface area contributed by atoms with E-state index in [1.807, 2.05) is 0 Å². The zero-order valence-corrected chi connectivity index (χ0v) is 8.26. The maximum absolute atomic E-state index is 10.1. The van der Waals surface area contributed by atoms with Crippen LogP contribution in [0.4, 0.5) is 0 Å². The first-order valence-corrected chi connectivity index (χ1v) is 3.71. The van der Waals surface area contributed by atoms with Gasteiger partial charge in [0, 0.05) is 11.1 Å². The molecule has 0 fully saturated rings. The molecular formula is C9H16N2O2. The van der Waals surface area contributed by atoms with Crippen molar-refractivity contribution in [3.8, 4) is 0 Å². The van der Waals surface area contributed by atoms with Gasteiger partial charge in [0.1, 0.15) is 0 Å². The SMILES string of the molecule is C=C(C)C(N)=O.CC=C(C)C(N)=O. The predicted octanol–water partition coefficient (Wildman–Crippen LogP) is 0.486. The molecule has 0 aliphatic rings. The largest absolute Gasteiger partial charge is 0.366 e. The van der Waals surface area contributed by atoms with Crippen molar-refractivity contribution in [2.24, 2.45) is 11.5 Å². The zero-order chi connectivity index (χ0) is 11.0. The second kappa shape index (κ2) is 7.09. The van der Waals surface area contributed by atoms with Crippen LogP contribution in [0.15, 0.2) is 23.8 Å². The third-order valence-corrected chi connectivity index (χ3v) is 1.24. The lowest BCUT2D eigenvalue weighted by atomic mass is 10.3. The molecule has 0 aromatic heterocycles. The maximum atomic E-state index is 10.1. The average Bonchev–Trinajstić information content (AvgIpc) is 2.03. The van der Waals surface area contributed by atoms with Crippen LogP contribution in [0.1, 0.15) is 20.8 Å². The molecule has 4 N–H and O–H groups in total. The summed E-state index contributed by atoms with van der Waals surface area (Å²) in [5.74, 6) is -0.780. The Labute approximate surface area is 78.3 Å². The molecule has 0 atom stereocenters. The van der Waals surface area contributed by atoms with Crippen LogP contribution in [0, 0.1) is 0 Å². The molecule has 0 saturated carbocycles. The van der Waals surface area contributed by atoms with Crippen molar-refractivity contribution in [2.75, 3.05) is 0 Å². The molecule has 4 nitrogen and oxygen atoms in total. The Bertz CT molecular complexity index is 230. The van der Waals surface area contributed by atoms with E-state index in [-0.39, 0.29) is 5.91 Å². The highest BCUT2D eigenvalue weighted by atomic mass is 16.1. The molecule has 4 heteroatoms. The number of carbonyl (C=O) groups is 2. The van der Waals surface area contributed by atoms with Gasteiger partial charge in [-0.1, -0.05) is 12.7 Å². The lowest BCUT2D eigenvalue weighted by Crippen LogP contribution is -2.10. The van der Waals surface area contributed by atoms with Gasteiger partial charge in [-0.05, 0) is 20.8 Å². The number of hydrogen-bond donors (Lipinski definition) is 2. The predicted molar refractivity (Wildman–Crippen MR) is 52.6 cm³/mol. The molecule has 0 bridgehead atoms. The lowest BCUT2D eigenvalue weighted by molar-refractivity contribution is -0.115. The fourth-order valence-corrected chi connectivity index (χ4v) is 0.142. The van der Waals surface area contributed by atoms with Crippen molar-refractivity contribution in [3.63, 3.8) is 0 Å². The summed E-state index contributed by atoms with van der Waals surface area (Å²) in [4.78, 5) is 19.9. The van der Waals surface area contributed by atoms with Crippen molar-refractivity contribution in [3.05, 3.63) is 23.8 Å². The minimum absolute atomic E-state index is 0.345. The van der Waals surface area contributed by atoms with Crippen molar-refractivity contribution < 1.29 is 9.59 Å². The molecule has 0 aromatic rings. The van der Waals surface area contributed by atoms with E-state index in [0.29, 0.717) is 11.1 Å². The molecule has 0 unspecified atom stereocenters. The minimum atomic E-state index is -0.435. The number of primary amides is 2. The summed E-state index contributed by atoms with van der Waals surface area (Å²) in [6, 6.07) is 0. The van der Waals surface area contributed by atoms with Gasteiger partial charge in [-0.3, -0.25) is 9.59 Å². The summed E-state index contributed by atoms with van der Waals surface area (Å²) in [6.45, 7) is 8.31. The number of carbonyl (C=O) groups excluding carboxylic acids is 2. The lowest BCUT2D eigenvalue weighted by Gasteiger charge is -1.85. The van der Waals surface area contributed by atoms with E-state index in [1.54, 1.807) is 26.8 Å². The van der Waals surface area contributed by atoms with Gasteiger partial charge in [0.15, 0.2) is 0 Å². The van der Waals surface area contributed by atoms with Crippen LogP contribution >= 0.6 is 0 Å². The molecule has 2 amide bonds. The molecule has 0 aliphatic heterocycles. The summed E-state index contributed by atoms with van der Waals surface area (Å²) >= 11 is 0. The van der Waals surface area contributed by atoms with Gasteiger partial charge in [0.25, 0.3) is 0 Å². The van der Waals surface area contributed by atoms with Crippen LogP contribution in [0.2, 0.25) is 0 Å². The van der Waals surface area contributed by atoms with E-state index in [1.165, 1.54) is 0 Å². The van der Waals surface area contributed by atoms with E-state index < -0.39 is 5.91 Å². The number of rotatable bonds is 2. The van der Waals surface area contributed by atoms with Gasteiger partial charge < -0.3 is 11.5 Å². The van der Waals surface area contributed by atoms with Crippen LogP contribution in [0.25, 0.3) is 0 Å². The Morgan fingerprint density at radius 1 is 1.15 bits per heavy atom. The Kier molecular flexibility index (Phi) is 7.62. The van der Waals surface area contributed by atoms with Crippen molar-refractivity contribution in [2.45, 2.75) is 20.8 Å². The molecule has 0 aliphatic carbocycles. The van der Waals surface area contributed by atoms with Crippen LogP contribution < -0.4 is 11.5 Å². The molecule has 74 valence electrons. The second-order valence-electron chi connectivity index (χ2n) is 2.48. The zero-order valence-electron chi connectivity index (χ0n) is 8.26. The Morgan fingerprint density at radius 3 is 1.46 bits per heavy atom. The first kappa shape index (κ1) is 14.0. The molecule has 0 spiro atoms. The van der Waals surface area contributed by atoms with Crippen LogP contribution in [0.3, 0.4) is 0 Å². The second-order valence-corrected chi connectivity index (χ2v) is 2.48. The molecule has 13 heavy (non-hydrogen) atoms. The summed E-state index contributed by atoms with van der Waals surface area (Å²) < 4.78 is 0. The fraction of sp³-hybridized carbons (Fsp3) is 0.333. The van der Waals surface area contributed by atoms with E-state index >= 15 is 0 Å². The van der Waals surface area contributed by atoms with Crippen molar-refractivity contribution in [1.29, 1.82) is 0 Å². The first-order valence-electron chi connectivity index (χ1n) is 3.71. The van der Waals surface area contributed by atoms with Gasteiger partial charge >= 0.3 is 0 Å². The first-order chi connectivity index (χ1) is 5.82. The number of allylic oxidation sites excluding steroid dienone is 1. The van der Waals surface area contributed by atoms with Gasteiger partial charge in [-0.2, -0.15) is 0 Å². The van der Waals surface area contributed by atoms with Crippen LogP contribution in [0.5, 0.6) is 0 Å². The van der Waals surface area contributed by atoms with Crippen molar-refractivity contribution in [1.82, 2.24) is 0 Å². The maximum Gasteiger partial charge on any atom is 0.243 e. The van der Waals surface area contributed by atoms with Gasteiger partial charge in [-0.15, -0.1) is 0 Å². The normalized spacial score (nSPS) is 9.62. The van der Waals surface area contributed by atoms with E-state index in [4.69, 9.17) is 11.5 Å². The Hall–Kier alpha value is -1.58. The van der Waals surface area contributed by atoms with Gasteiger partial charge in [0.2, 0.25) is 11.8 Å². The smallest absolute Gasteiger partial charge is 0.243 e. The monoisotopic (exact) mass is 184 g/mol. The summed E-state index contributed by atoms with van der Waals surface area (Å²) in [5.41, 5.74) is 10.5. The summed E-state index contributed by atoms with van der Waals surface area (Å²) in [5, 5.41) is 0. The third-order valence-electron chi connectivity index (χ3n) is 1.24. The molecule has 0 rings (SSSR count). The fourth-order valence-electron chi connectivity index (χ4n) is 0.142. The molecule has 0 aromatic carbocycles. The minimum Gasteiger partial charge on any atom is -0.366 e. The Balaban J connectivity index is 0. The van der Waals surface area contributed by atoms with Crippen LogP contribution in [-0.2, 0) is 9.59 Å². The Morgan fingerprint density at radius 2 is 1.46 bits per heavy atom. The molecule has 0 saturated heterocycles. The summed E-state index contributed by atoms with van der Waals surface area (Å²) in [7, 11) is 0. The number of amides is 2.